The summed E-state index contributed by atoms with van der Waals surface area (Å²) in [6, 6.07) is 7.48. The van der Waals surface area contributed by atoms with Gasteiger partial charge >= 0.3 is 0 Å². The summed E-state index contributed by atoms with van der Waals surface area (Å²) < 4.78 is 0. The number of carbonyl (C=O) groups is 1. The number of benzene rings is 1. The molecular formula is C14H21ClN2O. The highest BCUT2D eigenvalue weighted by Crippen LogP contribution is 2.21. The highest BCUT2D eigenvalue weighted by atomic mass is 35.5. The third-order valence-electron chi connectivity index (χ3n) is 3.22. The summed E-state index contributed by atoms with van der Waals surface area (Å²) in [5, 5.41) is 3.65. The van der Waals surface area contributed by atoms with Gasteiger partial charge in [0.1, 0.15) is 0 Å². The molecular weight excluding hydrogens is 248 g/mol. The van der Waals surface area contributed by atoms with Gasteiger partial charge in [0.2, 0.25) is 5.91 Å². The van der Waals surface area contributed by atoms with Crippen LogP contribution in [0.1, 0.15) is 45.2 Å². The van der Waals surface area contributed by atoms with Gasteiger partial charge in [-0.15, -0.1) is 0 Å². The number of amides is 1. The van der Waals surface area contributed by atoms with E-state index in [1.165, 1.54) is 0 Å². The highest BCUT2D eigenvalue weighted by Gasteiger charge is 2.27. The first-order valence-corrected chi connectivity index (χ1v) is 6.63. The minimum atomic E-state index is -0.827. The molecule has 0 heterocycles. The minimum absolute atomic E-state index is 0.0503. The Bertz CT molecular complexity index is 418. The van der Waals surface area contributed by atoms with Crippen LogP contribution in [0.4, 0.5) is 0 Å². The van der Waals surface area contributed by atoms with Crippen molar-refractivity contribution in [2.45, 2.75) is 45.2 Å². The molecule has 0 aliphatic heterocycles. The molecule has 1 aromatic rings. The second-order valence-corrected chi connectivity index (χ2v) is 5.20. The molecule has 0 spiro atoms. The number of halogens is 1. The maximum Gasteiger partial charge on any atom is 0.240 e. The van der Waals surface area contributed by atoms with Crippen LogP contribution in [0.2, 0.25) is 5.02 Å². The van der Waals surface area contributed by atoms with Gasteiger partial charge in [0.15, 0.2) is 0 Å². The second kappa shape index (κ2) is 6.21. The number of hydrogen-bond donors (Lipinski definition) is 2. The van der Waals surface area contributed by atoms with Gasteiger partial charge in [0, 0.05) is 5.02 Å². The molecule has 0 bridgehead atoms. The van der Waals surface area contributed by atoms with Crippen LogP contribution in [0.25, 0.3) is 0 Å². The molecule has 1 aromatic carbocycles. The zero-order valence-corrected chi connectivity index (χ0v) is 11.9. The van der Waals surface area contributed by atoms with Crippen LogP contribution in [0.15, 0.2) is 24.3 Å². The summed E-state index contributed by atoms with van der Waals surface area (Å²) in [6.45, 7) is 5.67. The summed E-state index contributed by atoms with van der Waals surface area (Å²) in [6.07, 6.45) is 1.40. The minimum Gasteiger partial charge on any atom is -0.348 e. The van der Waals surface area contributed by atoms with Crippen molar-refractivity contribution >= 4 is 17.5 Å². The standard InChI is InChI=1S/C14H21ClN2O/c1-4-12(10-7-6-8-11(15)9-10)17-13(18)14(3,16)5-2/h6-9,12H,4-5,16H2,1-3H3,(H,17,18). The number of hydrogen-bond acceptors (Lipinski definition) is 2. The van der Waals surface area contributed by atoms with Gasteiger partial charge < -0.3 is 11.1 Å². The SMILES string of the molecule is CCC(NC(=O)C(C)(N)CC)c1cccc(Cl)c1. The van der Waals surface area contributed by atoms with E-state index in [9.17, 15) is 4.79 Å². The average Bonchev–Trinajstić information content (AvgIpc) is 2.35. The van der Waals surface area contributed by atoms with Crippen LogP contribution in [0.3, 0.4) is 0 Å². The molecule has 0 saturated heterocycles. The quantitative estimate of drug-likeness (QED) is 0.862. The van der Waals surface area contributed by atoms with Crippen molar-refractivity contribution in [3.05, 3.63) is 34.9 Å². The van der Waals surface area contributed by atoms with Gasteiger partial charge in [0.05, 0.1) is 11.6 Å². The van der Waals surface area contributed by atoms with E-state index in [0.717, 1.165) is 12.0 Å². The highest BCUT2D eigenvalue weighted by molar-refractivity contribution is 6.30. The van der Waals surface area contributed by atoms with Gasteiger partial charge in [-0.05, 0) is 37.5 Å². The van der Waals surface area contributed by atoms with E-state index in [1.807, 2.05) is 38.1 Å². The van der Waals surface area contributed by atoms with E-state index >= 15 is 0 Å². The average molecular weight is 269 g/mol. The molecule has 100 valence electrons. The predicted octanol–water partition coefficient (Wildman–Crippen LogP) is 3.03. The fourth-order valence-electron chi connectivity index (χ4n) is 1.63. The topological polar surface area (TPSA) is 55.1 Å². The molecule has 2 atom stereocenters. The van der Waals surface area contributed by atoms with Crippen molar-refractivity contribution in [2.24, 2.45) is 5.73 Å². The number of nitrogens with two attached hydrogens (primary N) is 1. The Morgan fingerprint density at radius 3 is 2.67 bits per heavy atom. The maximum atomic E-state index is 12.1. The Balaban J connectivity index is 2.83. The van der Waals surface area contributed by atoms with E-state index in [4.69, 9.17) is 17.3 Å². The van der Waals surface area contributed by atoms with E-state index in [-0.39, 0.29) is 11.9 Å². The molecule has 1 amide bonds. The lowest BCUT2D eigenvalue weighted by Gasteiger charge is -2.26. The Morgan fingerprint density at radius 2 is 2.17 bits per heavy atom. The Labute approximate surface area is 114 Å². The van der Waals surface area contributed by atoms with Gasteiger partial charge in [-0.2, -0.15) is 0 Å². The van der Waals surface area contributed by atoms with Crippen molar-refractivity contribution in [1.29, 1.82) is 0 Å². The van der Waals surface area contributed by atoms with Crippen molar-refractivity contribution in [1.82, 2.24) is 5.32 Å². The molecule has 0 aliphatic rings. The molecule has 1 rings (SSSR count). The molecule has 2 unspecified atom stereocenters. The first kappa shape index (κ1) is 15.0. The predicted molar refractivity (Wildman–Crippen MR) is 75.5 cm³/mol. The van der Waals surface area contributed by atoms with E-state index in [2.05, 4.69) is 5.32 Å². The van der Waals surface area contributed by atoms with Crippen LogP contribution in [0.5, 0.6) is 0 Å². The molecule has 4 heteroatoms. The summed E-state index contributed by atoms with van der Waals surface area (Å²) >= 11 is 5.96. The fraction of sp³-hybridized carbons (Fsp3) is 0.500. The third-order valence-corrected chi connectivity index (χ3v) is 3.45. The fourth-order valence-corrected chi connectivity index (χ4v) is 1.83. The van der Waals surface area contributed by atoms with Crippen LogP contribution in [-0.2, 0) is 4.79 Å². The lowest BCUT2D eigenvalue weighted by molar-refractivity contribution is -0.126. The van der Waals surface area contributed by atoms with Crippen LogP contribution in [-0.4, -0.2) is 11.4 Å². The second-order valence-electron chi connectivity index (χ2n) is 4.76. The van der Waals surface area contributed by atoms with Crippen LogP contribution < -0.4 is 11.1 Å². The van der Waals surface area contributed by atoms with Crippen LogP contribution >= 0.6 is 11.6 Å². The molecule has 0 aliphatic carbocycles. The van der Waals surface area contributed by atoms with E-state index in [1.54, 1.807) is 6.92 Å². The first-order chi connectivity index (χ1) is 8.40. The molecule has 3 nitrogen and oxygen atoms in total. The van der Waals surface area contributed by atoms with Gasteiger partial charge in [-0.3, -0.25) is 4.79 Å². The van der Waals surface area contributed by atoms with Gasteiger partial charge in [0.25, 0.3) is 0 Å². The van der Waals surface area contributed by atoms with Crippen LogP contribution in [0, 0.1) is 0 Å². The van der Waals surface area contributed by atoms with Crippen molar-refractivity contribution < 1.29 is 4.79 Å². The zero-order chi connectivity index (χ0) is 13.8. The normalized spacial score (nSPS) is 15.8. The largest absolute Gasteiger partial charge is 0.348 e. The molecule has 0 aromatic heterocycles. The number of carbonyl (C=O) groups excluding carboxylic acids is 1. The summed E-state index contributed by atoms with van der Waals surface area (Å²) in [7, 11) is 0. The summed E-state index contributed by atoms with van der Waals surface area (Å²) in [5.74, 6) is -0.128. The van der Waals surface area contributed by atoms with Crippen molar-refractivity contribution in [3.63, 3.8) is 0 Å². The van der Waals surface area contributed by atoms with Crippen molar-refractivity contribution in [2.75, 3.05) is 0 Å². The van der Waals surface area contributed by atoms with Gasteiger partial charge in [-0.25, -0.2) is 0 Å². The lowest BCUT2D eigenvalue weighted by Crippen LogP contribution is -2.51. The smallest absolute Gasteiger partial charge is 0.240 e. The number of rotatable bonds is 5. The Kier molecular flexibility index (Phi) is 5.17. The first-order valence-electron chi connectivity index (χ1n) is 6.26. The summed E-state index contributed by atoms with van der Waals surface area (Å²) in [5.41, 5.74) is 6.11. The maximum absolute atomic E-state index is 12.1. The van der Waals surface area contributed by atoms with Crippen molar-refractivity contribution in [3.8, 4) is 0 Å². The molecule has 18 heavy (non-hydrogen) atoms. The number of nitrogens with one attached hydrogen (secondary N) is 1. The summed E-state index contributed by atoms with van der Waals surface area (Å²) in [4.78, 5) is 12.1. The monoisotopic (exact) mass is 268 g/mol. The Hall–Kier alpha value is -1.06. The molecule has 0 radical (unpaired) electrons. The zero-order valence-electron chi connectivity index (χ0n) is 11.2. The van der Waals surface area contributed by atoms with E-state index < -0.39 is 5.54 Å². The van der Waals surface area contributed by atoms with Gasteiger partial charge in [-0.1, -0.05) is 37.6 Å². The molecule has 0 saturated carbocycles. The lowest BCUT2D eigenvalue weighted by atomic mass is 9.97. The molecule has 3 N–H and O–H groups in total. The van der Waals surface area contributed by atoms with E-state index in [0.29, 0.717) is 11.4 Å². The molecule has 0 fully saturated rings. The third kappa shape index (κ3) is 3.72. The Morgan fingerprint density at radius 1 is 1.50 bits per heavy atom.